The summed E-state index contributed by atoms with van der Waals surface area (Å²) < 4.78 is 6.43. The Morgan fingerprint density at radius 1 is 1.18 bits per heavy atom. The van der Waals surface area contributed by atoms with Crippen molar-refractivity contribution in [1.82, 2.24) is 5.32 Å². The fourth-order valence-electron chi connectivity index (χ4n) is 2.86. The normalized spacial score (nSPS) is 16.7. The third kappa shape index (κ3) is 3.50. The van der Waals surface area contributed by atoms with Gasteiger partial charge in [0.2, 0.25) is 0 Å². The van der Waals surface area contributed by atoms with Gasteiger partial charge in [-0.1, -0.05) is 58.4 Å². The maximum absolute atomic E-state index is 12.0. The number of nitrogens with one attached hydrogen (secondary N) is 1. The number of carbonyl (C=O) groups is 1. The number of benzene rings is 2. The van der Waals surface area contributed by atoms with Gasteiger partial charge in [0, 0.05) is 4.47 Å². The molecule has 0 heterocycles. The van der Waals surface area contributed by atoms with E-state index in [1.165, 1.54) is 11.1 Å². The van der Waals surface area contributed by atoms with Crippen LogP contribution >= 0.6 is 15.9 Å². The third-order valence-electron chi connectivity index (χ3n) is 3.95. The van der Waals surface area contributed by atoms with Gasteiger partial charge < -0.3 is 10.1 Å². The van der Waals surface area contributed by atoms with E-state index >= 15 is 0 Å². The maximum atomic E-state index is 12.0. The molecule has 2 aromatic rings. The minimum absolute atomic E-state index is 0.0320. The number of hydrogen-bond acceptors (Lipinski definition) is 2. The Hall–Kier alpha value is -1.81. The molecule has 0 unspecified atom stereocenters. The molecule has 3 rings (SSSR count). The molecule has 1 N–H and O–H groups in total. The van der Waals surface area contributed by atoms with Crippen molar-refractivity contribution in [3.05, 3.63) is 69.7 Å². The number of rotatable bonds is 3. The standard InChI is InChI=1S/C18H18BrNO2/c19-16-10-4-9-15-14(16)8-5-11-17(15)20-18(21)22-12-13-6-2-1-3-7-13/h1-4,6-7,9-10,17H,5,8,11-12H2,(H,20,21)/t17-/m1/s1. The van der Waals surface area contributed by atoms with Gasteiger partial charge in [-0.2, -0.15) is 0 Å². The van der Waals surface area contributed by atoms with Crippen molar-refractivity contribution in [2.45, 2.75) is 31.9 Å². The monoisotopic (exact) mass is 359 g/mol. The zero-order chi connectivity index (χ0) is 15.4. The lowest BCUT2D eigenvalue weighted by atomic mass is 9.88. The topological polar surface area (TPSA) is 38.3 Å². The lowest BCUT2D eigenvalue weighted by Crippen LogP contribution is -2.31. The molecule has 1 amide bonds. The molecule has 0 aromatic heterocycles. The Kier molecular flexibility index (Phi) is 4.78. The van der Waals surface area contributed by atoms with E-state index in [2.05, 4.69) is 33.4 Å². The molecule has 0 saturated heterocycles. The van der Waals surface area contributed by atoms with Crippen molar-refractivity contribution in [3.8, 4) is 0 Å². The van der Waals surface area contributed by atoms with E-state index in [0.717, 1.165) is 29.3 Å². The Balaban J connectivity index is 1.62. The predicted octanol–water partition coefficient (Wildman–Crippen LogP) is 4.75. The molecule has 1 aliphatic carbocycles. The van der Waals surface area contributed by atoms with Crippen molar-refractivity contribution >= 4 is 22.0 Å². The van der Waals surface area contributed by atoms with E-state index < -0.39 is 0 Å². The fraction of sp³-hybridized carbons (Fsp3) is 0.278. The van der Waals surface area contributed by atoms with Crippen molar-refractivity contribution in [3.63, 3.8) is 0 Å². The molecule has 114 valence electrons. The average molecular weight is 360 g/mol. The second-order valence-electron chi connectivity index (χ2n) is 5.46. The van der Waals surface area contributed by atoms with E-state index in [9.17, 15) is 4.79 Å². The van der Waals surface area contributed by atoms with Crippen LogP contribution in [-0.4, -0.2) is 6.09 Å². The molecule has 0 aliphatic heterocycles. The van der Waals surface area contributed by atoms with Gasteiger partial charge in [-0.15, -0.1) is 0 Å². The smallest absolute Gasteiger partial charge is 0.407 e. The lowest BCUT2D eigenvalue weighted by Gasteiger charge is -2.26. The number of halogens is 1. The SMILES string of the molecule is O=C(N[C@@H]1CCCc2c(Br)cccc21)OCc1ccccc1. The summed E-state index contributed by atoms with van der Waals surface area (Å²) in [5, 5.41) is 2.99. The molecule has 22 heavy (non-hydrogen) atoms. The highest BCUT2D eigenvalue weighted by Gasteiger charge is 2.23. The molecule has 0 radical (unpaired) electrons. The second kappa shape index (κ2) is 6.97. The molecule has 0 bridgehead atoms. The summed E-state index contributed by atoms with van der Waals surface area (Å²) in [5.41, 5.74) is 3.48. The van der Waals surface area contributed by atoms with Gasteiger partial charge in [-0.05, 0) is 42.0 Å². The van der Waals surface area contributed by atoms with Crippen LogP contribution in [0.15, 0.2) is 53.0 Å². The van der Waals surface area contributed by atoms with Gasteiger partial charge in [0.15, 0.2) is 0 Å². The lowest BCUT2D eigenvalue weighted by molar-refractivity contribution is 0.134. The van der Waals surface area contributed by atoms with Crippen LogP contribution in [0.1, 0.15) is 35.6 Å². The average Bonchev–Trinajstić information content (AvgIpc) is 2.55. The van der Waals surface area contributed by atoms with Crippen LogP contribution < -0.4 is 5.32 Å². The molecule has 1 aliphatic rings. The van der Waals surface area contributed by atoms with Crippen LogP contribution in [0.3, 0.4) is 0 Å². The van der Waals surface area contributed by atoms with E-state index in [-0.39, 0.29) is 12.1 Å². The number of carbonyl (C=O) groups excluding carboxylic acids is 1. The summed E-state index contributed by atoms with van der Waals surface area (Å²) in [6.45, 7) is 0.296. The Bertz CT molecular complexity index is 657. The van der Waals surface area contributed by atoms with Crippen molar-refractivity contribution in [2.24, 2.45) is 0 Å². The van der Waals surface area contributed by atoms with Gasteiger partial charge in [0.05, 0.1) is 6.04 Å². The fourth-order valence-corrected chi connectivity index (χ4v) is 3.44. The van der Waals surface area contributed by atoms with Gasteiger partial charge in [0.1, 0.15) is 6.61 Å². The molecular formula is C18H18BrNO2. The molecule has 1 atom stereocenters. The van der Waals surface area contributed by atoms with Crippen LogP contribution in [0.2, 0.25) is 0 Å². The number of ether oxygens (including phenoxy) is 1. The maximum Gasteiger partial charge on any atom is 0.407 e. The van der Waals surface area contributed by atoms with E-state index in [1.807, 2.05) is 36.4 Å². The van der Waals surface area contributed by atoms with Gasteiger partial charge in [-0.25, -0.2) is 4.79 Å². The van der Waals surface area contributed by atoms with Gasteiger partial charge >= 0.3 is 6.09 Å². The quantitative estimate of drug-likeness (QED) is 0.858. The number of hydrogen-bond donors (Lipinski definition) is 1. The summed E-state index contributed by atoms with van der Waals surface area (Å²) in [6, 6.07) is 15.9. The van der Waals surface area contributed by atoms with Crippen molar-refractivity contribution in [2.75, 3.05) is 0 Å². The molecule has 3 nitrogen and oxygen atoms in total. The highest BCUT2D eigenvalue weighted by molar-refractivity contribution is 9.10. The van der Waals surface area contributed by atoms with Crippen LogP contribution in [0, 0.1) is 0 Å². The molecule has 0 saturated carbocycles. The molecular weight excluding hydrogens is 342 g/mol. The van der Waals surface area contributed by atoms with E-state index in [1.54, 1.807) is 0 Å². The Morgan fingerprint density at radius 2 is 2.00 bits per heavy atom. The number of fused-ring (bicyclic) bond motifs is 1. The van der Waals surface area contributed by atoms with Gasteiger partial charge in [0.25, 0.3) is 0 Å². The van der Waals surface area contributed by atoms with E-state index in [4.69, 9.17) is 4.74 Å². The number of alkyl carbamates (subject to hydrolysis) is 1. The van der Waals surface area contributed by atoms with Crippen LogP contribution in [0.5, 0.6) is 0 Å². The van der Waals surface area contributed by atoms with Crippen LogP contribution in [0.4, 0.5) is 4.79 Å². The zero-order valence-corrected chi connectivity index (χ0v) is 13.8. The summed E-state index contributed by atoms with van der Waals surface area (Å²) in [5.74, 6) is 0. The Labute approximate surface area is 138 Å². The van der Waals surface area contributed by atoms with Crippen LogP contribution in [0.25, 0.3) is 0 Å². The van der Waals surface area contributed by atoms with Crippen molar-refractivity contribution < 1.29 is 9.53 Å². The first-order chi connectivity index (χ1) is 10.7. The van der Waals surface area contributed by atoms with Crippen LogP contribution in [-0.2, 0) is 17.8 Å². The minimum Gasteiger partial charge on any atom is -0.445 e. The molecule has 0 fully saturated rings. The zero-order valence-electron chi connectivity index (χ0n) is 12.2. The summed E-state index contributed by atoms with van der Waals surface area (Å²) >= 11 is 3.59. The first-order valence-electron chi connectivity index (χ1n) is 7.48. The largest absolute Gasteiger partial charge is 0.445 e. The van der Waals surface area contributed by atoms with Gasteiger partial charge in [-0.3, -0.25) is 0 Å². The molecule has 2 aromatic carbocycles. The first kappa shape index (κ1) is 15.1. The predicted molar refractivity (Wildman–Crippen MR) is 89.6 cm³/mol. The third-order valence-corrected chi connectivity index (χ3v) is 4.70. The highest BCUT2D eigenvalue weighted by atomic mass is 79.9. The molecule has 4 heteroatoms. The highest BCUT2D eigenvalue weighted by Crippen LogP contribution is 2.34. The Morgan fingerprint density at radius 3 is 2.82 bits per heavy atom. The summed E-state index contributed by atoms with van der Waals surface area (Å²) in [6.07, 6.45) is 2.71. The second-order valence-corrected chi connectivity index (χ2v) is 6.31. The molecule has 0 spiro atoms. The first-order valence-corrected chi connectivity index (χ1v) is 8.28. The summed E-state index contributed by atoms with van der Waals surface area (Å²) in [4.78, 5) is 12.0. The summed E-state index contributed by atoms with van der Waals surface area (Å²) in [7, 11) is 0. The number of amides is 1. The minimum atomic E-state index is -0.360. The van der Waals surface area contributed by atoms with E-state index in [0.29, 0.717) is 6.61 Å². The van der Waals surface area contributed by atoms with Crippen molar-refractivity contribution in [1.29, 1.82) is 0 Å².